The van der Waals surface area contributed by atoms with E-state index in [1.807, 2.05) is 19.1 Å². The molecule has 1 unspecified atom stereocenters. The number of aryl methyl sites for hydroxylation is 1. The third kappa shape index (κ3) is 3.50. The van der Waals surface area contributed by atoms with Crippen LogP contribution in [0.25, 0.3) is 10.4 Å². The summed E-state index contributed by atoms with van der Waals surface area (Å²) in [5.74, 6) is -0.834. The number of imide groups is 1. The molecule has 29 heavy (non-hydrogen) atoms. The Bertz CT molecular complexity index is 1070. The standard InChI is InChI=1S/C21H17N3O4S/c1-12-18(29-11-22-12)14-8-6-13(7-9-14)17(23-21(27)28)10-24-19(25)15-4-2-3-5-16(15)20(24)26/h2-9,11,17,23H,10H2,1H3,(H,27,28). The third-order valence-corrected chi connectivity index (χ3v) is 5.84. The van der Waals surface area contributed by atoms with Gasteiger partial charge < -0.3 is 10.4 Å². The SMILES string of the molecule is Cc1ncsc1-c1ccc(C(CN2C(=O)c3ccccc3C2=O)NC(=O)O)cc1. The van der Waals surface area contributed by atoms with Crippen LogP contribution in [0.1, 0.15) is 38.0 Å². The Hall–Kier alpha value is -3.52. The molecule has 1 aliphatic rings. The van der Waals surface area contributed by atoms with Crippen LogP contribution in [-0.2, 0) is 0 Å². The van der Waals surface area contributed by atoms with E-state index in [9.17, 15) is 19.5 Å². The normalized spacial score (nSPS) is 14.0. The average Bonchev–Trinajstić information content (AvgIpc) is 3.24. The van der Waals surface area contributed by atoms with Crippen LogP contribution in [0.2, 0.25) is 0 Å². The lowest BCUT2D eigenvalue weighted by Crippen LogP contribution is -2.40. The number of aromatic nitrogens is 1. The van der Waals surface area contributed by atoms with Crippen LogP contribution in [-0.4, -0.2) is 39.4 Å². The quantitative estimate of drug-likeness (QED) is 0.628. The van der Waals surface area contributed by atoms with E-state index >= 15 is 0 Å². The molecule has 7 nitrogen and oxygen atoms in total. The first-order valence-electron chi connectivity index (χ1n) is 8.91. The molecule has 2 heterocycles. The lowest BCUT2D eigenvalue weighted by molar-refractivity contribution is 0.0636. The minimum Gasteiger partial charge on any atom is -0.465 e. The van der Waals surface area contributed by atoms with Crippen molar-refractivity contribution in [1.29, 1.82) is 0 Å². The van der Waals surface area contributed by atoms with Crippen molar-refractivity contribution in [2.45, 2.75) is 13.0 Å². The molecule has 0 bridgehead atoms. The summed E-state index contributed by atoms with van der Waals surface area (Å²) in [7, 11) is 0. The first kappa shape index (κ1) is 18.8. The van der Waals surface area contributed by atoms with E-state index in [-0.39, 0.29) is 6.54 Å². The molecule has 1 aliphatic heterocycles. The predicted molar refractivity (Wildman–Crippen MR) is 108 cm³/mol. The summed E-state index contributed by atoms with van der Waals surface area (Å²) in [6.45, 7) is 1.84. The van der Waals surface area contributed by atoms with Crippen molar-refractivity contribution in [3.63, 3.8) is 0 Å². The summed E-state index contributed by atoms with van der Waals surface area (Å²) >= 11 is 1.53. The predicted octanol–water partition coefficient (Wildman–Crippen LogP) is 3.72. The first-order valence-corrected chi connectivity index (χ1v) is 9.79. The highest BCUT2D eigenvalue weighted by Crippen LogP contribution is 2.29. The zero-order valence-electron chi connectivity index (χ0n) is 15.5. The van der Waals surface area contributed by atoms with Gasteiger partial charge in [-0.2, -0.15) is 0 Å². The Morgan fingerprint density at radius 3 is 2.24 bits per heavy atom. The molecule has 0 saturated heterocycles. The van der Waals surface area contributed by atoms with Gasteiger partial charge in [0.1, 0.15) is 0 Å². The molecular weight excluding hydrogens is 390 g/mol. The Morgan fingerprint density at radius 2 is 1.72 bits per heavy atom. The van der Waals surface area contributed by atoms with Crippen LogP contribution < -0.4 is 5.32 Å². The van der Waals surface area contributed by atoms with Gasteiger partial charge in [0, 0.05) is 0 Å². The molecule has 8 heteroatoms. The van der Waals surface area contributed by atoms with E-state index in [2.05, 4.69) is 10.3 Å². The second-order valence-electron chi connectivity index (χ2n) is 6.66. The van der Waals surface area contributed by atoms with Crippen molar-refractivity contribution in [2.75, 3.05) is 6.54 Å². The second kappa shape index (κ2) is 7.48. The highest BCUT2D eigenvalue weighted by molar-refractivity contribution is 7.13. The molecule has 146 valence electrons. The average molecular weight is 407 g/mol. The molecule has 0 aliphatic carbocycles. The number of thiazole rings is 1. The third-order valence-electron chi connectivity index (χ3n) is 4.86. The van der Waals surface area contributed by atoms with Crippen molar-refractivity contribution >= 4 is 29.2 Å². The number of fused-ring (bicyclic) bond motifs is 1. The van der Waals surface area contributed by atoms with E-state index in [1.165, 1.54) is 11.3 Å². The van der Waals surface area contributed by atoms with Gasteiger partial charge in [-0.25, -0.2) is 9.78 Å². The first-order chi connectivity index (χ1) is 14.0. The summed E-state index contributed by atoms with van der Waals surface area (Å²) in [5, 5.41) is 11.7. The molecule has 4 rings (SSSR count). The molecular formula is C21H17N3O4S. The molecule has 2 N–H and O–H groups in total. The molecule has 3 amide bonds. The summed E-state index contributed by atoms with van der Waals surface area (Å²) in [5.41, 5.74) is 5.01. The van der Waals surface area contributed by atoms with Crippen LogP contribution in [0.3, 0.4) is 0 Å². The Morgan fingerprint density at radius 1 is 1.10 bits per heavy atom. The lowest BCUT2D eigenvalue weighted by Gasteiger charge is -2.23. The fourth-order valence-electron chi connectivity index (χ4n) is 3.42. The number of hydrogen-bond acceptors (Lipinski definition) is 5. The molecule has 0 fully saturated rings. The van der Waals surface area contributed by atoms with Gasteiger partial charge in [-0.15, -0.1) is 11.3 Å². The van der Waals surface area contributed by atoms with Gasteiger partial charge in [-0.1, -0.05) is 36.4 Å². The van der Waals surface area contributed by atoms with Gasteiger partial charge in [0.2, 0.25) is 0 Å². The van der Waals surface area contributed by atoms with E-state index in [0.29, 0.717) is 16.7 Å². The number of nitrogens with one attached hydrogen (secondary N) is 1. The van der Waals surface area contributed by atoms with E-state index in [4.69, 9.17) is 0 Å². The summed E-state index contributed by atoms with van der Waals surface area (Å²) in [6.07, 6.45) is -1.23. The van der Waals surface area contributed by atoms with Crippen molar-refractivity contribution in [2.24, 2.45) is 0 Å². The number of carboxylic acid groups (broad SMARTS) is 1. The molecule has 3 aromatic rings. The number of amides is 3. The van der Waals surface area contributed by atoms with Crippen LogP contribution in [0, 0.1) is 6.92 Å². The van der Waals surface area contributed by atoms with Gasteiger partial charge in [0.15, 0.2) is 0 Å². The minimum absolute atomic E-state index is 0.0857. The fourth-order valence-corrected chi connectivity index (χ4v) is 4.23. The number of nitrogens with zero attached hydrogens (tertiary/aromatic N) is 2. The number of hydrogen-bond donors (Lipinski definition) is 2. The highest BCUT2D eigenvalue weighted by Gasteiger charge is 2.36. The zero-order valence-corrected chi connectivity index (χ0v) is 16.3. The highest BCUT2D eigenvalue weighted by atomic mass is 32.1. The Kier molecular flexibility index (Phi) is 4.85. The van der Waals surface area contributed by atoms with Crippen molar-refractivity contribution in [1.82, 2.24) is 15.2 Å². The van der Waals surface area contributed by atoms with Crippen molar-refractivity contribution < 1.29 is 19.5 Å². The maximum atomic E-state index is 12.6. The maximum Gasteiger partial charge on any atom is 0.405 e. The molecule has 0 saturated carbocycles. The van der Waals surface area contributed by atoms with Crippen molar-refractivity contribution in [3.05, 3.63) is 76.4 Å². The topological polar surface area (TPSA) is 99.6 Å². The largest absolute Gasteiger partial charge is 0.465 e. The summed E-state index contributed by atoms with van der Waals surface area (Å²) in [4.78, 5) is 43.0. The minimum atomic E-state index is -1.23. The van der Waals surface area contributed by atoms with Crippen LogP contribution in [0.4, 0.5) is 4.79 Å². The summed E-state index contributed by atoms with van der Waals surface area (Å²) in [6, 6.07) is 13.2. The van der Waals surface area contributed by atoms with Crippen LogP contribution >= 0.6 is 11.3 Å². The maximum absolute atomic E-state index is 12.6. The zero-order chi connectivity index (χ0) is 20.5. The van der Waals surface area contributed by atoms with Crippen LogP contribution in [0.5, 0.6) is 0 Å². The van der Waals surface area contributed by atoms with Gasteiger partial charge >= 0.3 is 6.09 Å². The van der Waals surface area contributed by atoms with Crippen LogP contribution in [0.15, 0.2) is 54.0 Å². The number of carbonyl (C=O) groups excluding carboxylic acids is 2. The Balaban J connectivity index is 1.61. The molecule has 0 radical (unpaired) electrons. The fraction of sp³-hybridized carbons (Fsp3) is 0.143. The van der Waals surface area contributed by atoms with Gasteiger partial charge in [0.25, 0.3) is 11.8 Å². The number of benzene rings is 2. The Labute approximate surface area is 170 Å². The van der Waals surface area contributed by atoms with E-state index < -0.39 is 23.9 Å². The monoisotopic (exact) mass is 407 g/mol. The van der Waals surface area contributed by atoms with E-state index in [1.54, 1.807) is 41.9 Å². The molecule has 1 aromatic heterocycles. The smallest absolute Gasteiger partial charge is 0.405 e. The lowest BCUT2D eigenvalue weighted by atomic mass is 10.0. The van der Waals surface area contributed by atoms with E-state index in [0.717, 1.165) is 21.0 Å². The van der Waals surface area contributed by atoms with Crippen molar-refractivity contribution in [3.8, 4) is 10.4 Å². The van der Waals surface area contributed by atoms with Gasteiger partial charge in [-0.05, 0) is 30.2 Å². The second-order valence-corrected chi connectivity index (χ2v) is 7.51. The number of rotatable bonds is 5. The molecule has 1 atom stereocenters. The molecule has 0 spiro atoms. The molecule has 2 aromatic carbocycles. The van der Waals surface area contributed by atoms with Gasteiger partial charge in [0.05, 0.1) is 39.8 Å². The summed E-state index contributed by atoms with van der Waals surface area (Å²) < 4.78 is 0. The van der Waals surface area contributed by atoms with Gasteiger partial charge in [-0.3, -0.25) is 14.5 Å². The number of carbonyl (C=O) groups is 3.